The van der Waals surface area contributed by atoms with Gasteiger partial charge >= 0.3 is 5.97 Å². The minimum Gasteiger partial charge on any atom is -0.469 e. The highest BCUT2D eigenvalue weighted by molar-refractivity contribution is 5.80. The maximum absolute atomic E-state index is 11.8. The third kappa shape index (κ3) is 4.95. The van der Waals surface area contributed by atoms with Crippen molar-refractivity contribution in [2.24, 2.45) is 10.9 Å². The van der Waals surface area contributed by atoms with E-state index in [1.165, 1.54) is 71.6 Å². The molecule has 0 amide bonds. The lowest BCUT2D eigenvalue weighted by Crippen LogP contribution is -2.59. The molecule has 3 aliphatic rings. The van der Waals surface area contributed by atoms with Crippen molar-refractivity contribution >= 4 is 11.9 Å². The zero-order valence-electron chi connectivity index (χ0n) is 17.3. The molecule has 0 unspecified atom stereocenters. The minimum atomic E-state index is -0.0659. The molecule has 0 atom stereocenters. The van der Waals surface area contributed by atoms with Crippen LogP contribution in [0.4, 0.5) is 0 Å². The second-order valence-electron chi connectivity index (χ2n) is 8.52. The molecule has 0 aromatic heterocycles. The van der Waals surface area contributed by atoms with Gasteiger partial charge in [-0.1, -0.05) is 25.7 Å². The molecule has 1 aliphatic carbocycles. The van der Waals surface area contributed by atoms with Gasteiger partial charge in [-0.25, -0.2) is 0 Å². The zero-order valence-corrected chi connectivity index (χ0v) is 17.3. The fourth-order valence-corrected chi connectivity index (χ4v) is 5.25. The van der Waals surface area contributed by atoms with E-state index in [0.717, 1.165) is 38.4 Å². The Kier molecular flexibility index (Phi) is 7.39. The van der Waals surface area contributed by atoms with E-state index < -0.39 is 0 Å². The van der Waals surface area contributed by atoms with E-state index in [2.05, 4.69) is 20.1 Å². The third-order valence-corrected chi connectivity index (χ3v) is 6.93. The Morgan fingerprint density at radius 2 is 1.67 bits per heavy atom. The van der Waals surface area contributed by atoms with E-state index >= 15 is 0 Å². The molecule has 0 radical (unpaired) electrons. The summed E-state index contributed by atoms with van der Waals surface area (Å²) in [4.78, 5) is 21.4. The molecule has 0 spiro atoms. The standard InChI is InChI=1S/C21H38N4O2/c1-22-20(24-15-9-18(10-16-24)19(26)27-2)23-17-21(11-5-3-6-12-21)25-13-7-4-8-14-25/h18H,3-17H2,1-2H3,(H,22,23). The number of likely N-dealkylation sites (tertiary alicyclic amines) is 2. The Labute approximate surface area is 164 Å². The third-order valence-electron chi connectivity index (χ3n) is 6.93. The van der Waals surface area contributed by atoms with Gasteiger partial charge in [-0.2, -0.15) is 0 Å². The van der Waals surface area contributed by atoms with Gasteiger partial charge in [0.2, 0.25) is 0 Å². The smallest absolute Gasteiger partial charge is 0.308 e. The molecule has 6 nitrogen and oxygen atoms in total. The summed E-state index contributed by atoms with van der Waals surface area (Å²) in [5.41, 5.74) is 0.305. The molecule has 0 aromatic rings. The highest BCUT2D eigenvalue weighted by Gasteiger charge is 2.38. The van der Waals surface area contributed by atoms with Crippen molar-refractivity contribution < 1.29 is 9.53 Å². The zero-order chi connectivity index (χ0) is 19.1. The Bertz CT molecular complexity index is 502. The van der Waals surface area contributed by atoms with Crippen LogP contribution in [0.5, 0.6) is 0 Å². The molecule has 154 valence electrons. The Morgan fingerprint density at radius 3 is 2.26 bits per heavy atom. The molecule has 1 N–H and O–H groups in total. The Hall–Kier alpha value is -1.30. The summed E-state index contributed by atoms with van der Waals surface area (Å²) in [6.07, 6.45) is 12.5. The highest BCUT2D eigenvalue weighted by atomic mass is 16.5. The lowest BCUT2D eigenvalue weighted by molar-refractivity contribution is -0.146. The highest BCUT2D eigenvalue weighted by Crippen LogP contribution is 2.35. The maximum Gasteiger partial charge on any atom is 0.308 e. The second kappa shape index (κ2) is 9.76. The number of nitrogens with zero attached hydrogens (tertiary/aromatic N) is 3. The first-order valence-corrected chi connectivity index (χ1v) is 11.0. The van der Waals surface area contributed by atoms with Crippen molar-refractivity contribution in [3.8, 4) is 0 Å². The fourth-order valence-electron chi connectivity index (χ4n) is 5.25. The van der Waals surface area contributed by atoms with Crippen LogP contribution in [0, 0.1) is 5.92 Å². The van der Waals surface area contributed by atoms with E-state index in [1.54, 1.807) is 0 Å². The predicted molar refractivity (Wildman–Crippen MR) is 109 cm³/mol. The number of piperidine rings is 2. The molecular formula is C21H38N4O2. The summed E-state index contributed by atoms with van der Waals surface area (Å²) in [5.74, 6) is 0.978. The summed E-state index contributed by atoms with van der Waals surface area (Å²) in [6, 6.07) is 0. The van der Waals surface area contributed by atoms with Crippen LogP contribution < -0.4 is 5.32 Å². The number of nitrogens with one attached hydrogen (secondary N) is 1. The SMILES string of the molecule is CN=C(NCC1(N2CCCCC2)CCCCC1)N1CCC(C(=O)OC)CC1. The predicted octanol–water partition coefficient (Wildman–Crippen LogP) is 2.64. The summed E-state index contributed by atoms with van der Waals surface area (Å²) in [7, 11) is 3.36. The topological polar surface area (TPSA) is 57.2 Å². The van der Waals surface area contributed by atoms with Gasteiger partial charge in [-0.05, 0) is 51.6 Å². The summed E-state index contributed by atoms with van der Waals surface area (Å²) in [6.45, 7) is 5.25. The second-order valence-corrected chi connectivity index (χ2v) is 8.52. The van der Waals surface area contributed by atoms with Gasteiger partial charge in [0, 0.05) is 32.2 Å². The van der Waals surface area contributed by atoms with Gasteiger partial charge in [0.1, 0.15) is 0 Å². The molecule has 2 heterocycles. The van der Waals surface area contributed by atoms with E-state index in [4.69, 9.17) is 4.74 Å². The van der Waals surface area contributed by atoms with Gasteiger partial charge in [0.15, 0.2) is 5.96 Å². The lowest BCUT2D eigenvalue weighted by Gasteiger charge is -2.49. The number of esters is 1. The van der Waals surface area contributed by atoms with Gasteiger partial charge in [0.25, 0.3) is 0 Å². The minimum absolute atomic E-state index is 0.0439. The van der Waals surface area contributed by atoms with Gasteiger partial charge in [-0.15, -0.1) is 0 Å². The van der Waals surface area contributed by atoms with Crippen LogP contribution in [0.15, 0.2) is 4.99 Å². The molecule has 2 aliphatic heterocycles. The van der Waals surface area contributed by atoms with Crippen molar-refractivity contribution in [1.82, 2.24) is 15.1 Å². The van der Waals surface area contributed by atoms with Crippen LogP contribution in [-0.4, -0.2) is 74.1 Å². The quantitative estimate of drug-likeness (QED) is 0.463. The molecule has 27 heavy (non-hydrogen) atoms. The number of carbonyl (C=O) groups excluding carboxylic acids is 1. The van der Waals surface area contributed by atoms with Crippen molar-refractivity contribution in [2.45, 2.75) is 69.7 Å². The number of guanidine groups is 1. The van der Waals surface area contributed by atoms with Crippen LogP contribution in [0.3, 0.4) is 0 Å². The normalized spacial score (nSPS) is 25.3. The Balaban J connectivity index is 1.58. The van der Waals surface area contributed by atoms with Crippen molar-refractivity contribution in [1.29, 1.82) is 0 Å². The van der Waals surface area contributed by atoms with E-state index in [-0.39, 0.29) is 11.9 Å². The van der Waals surface area contributed by atoms with E-state index in [9.17, 15) is 4.79 Å². The number of carbonyl (C=O) groups is 1. The summed E-state index contributed by atoms with van der Waals surface area (Å²) >= 11 is 0. The molecule has 0 bridgehead atoms. The Morgan fingerprint density at radius 1 is 1.04 bits per heavy atom. The molecule has 3 fully saturated rings. The molecule has 0 aromatic carbocycles. The fraction of sp³-hybridized carbons (Fsp3) is 0.905. The van der Waals surface area contributed by atoms with Gasteiger partial charge in [-0.3, -0.25) is 14.7 Å². The summed E-state index contributed by atoms with van der Waals surface area (Å²) in [5, 5.41) is 3.72. The largest absolute Gasteiger partial charge is 0.469 e. The first-order valence-electron chi connectivity index (χ1n) is 11.0. The van der Waals surface area contributed by atoms with Crippen molar-refractivity contribution in [3.63, 3.8) is 0 Å². The molecule has 3 rings (SSSR count). The van der Waals surface area contributed by atoms with E-state index in [0.29, 0.717) is 5.54 Å². The summed E-state index contributed by atoms with van der Waals surface area (Å²) < 4.78 is 4.91. The lowest BCUT2D eigenvalue weighted by atomic mass is 9.79. The molecular weight excluding hydrogens is 340 g/mol. The first kappa shape index (κ1) is 20.4. The van der Waals surface area contributed by atoms with Crippen LogP contribution >= 0.6 is 0 Å². The average molecular weight is 379 g/mol. The number of hydrogen-bond donors (Lipinski definition) is 1. The number of hydrogen-bond acceptors (Lipinski definition) is 4. The van der Waals surface area contributed by atoms with Crippen LogP contribution in [0.25, 0.3) is 0 Å². The van der Waals surface area contributed by atoms with Crippen LogP contribution in [0.1, 0.15) is 64.2 Å². The first-order chi connectivity index (χ1) is 13.2. The van der Waals surface area contributed by atoms with Crippen LogP contribution in [0.2, 0.25) is 0 Å². The number of ether oxygens (including phenoxy) is 1. The number of aliphatic imine (C=N–C) groups is 1. The molecule has 2 saturated heterocycles. The van der Waals surface area contributed by atoms with E-state index in [1.807, 2.05) is 7.05 Å². The van der Waals surface area contributed by atoms with Crippen LogP contribution in [-0.2, 0) is 9.53 Å². The molecule has 6 heteroatoms. The van der Waals surface area contributed by atoms with Crippen molar-refractivity contribution in [2.75, 3.05) is 46.9 Å². The monoisotopic (exact) mass is 378 g/mol. The van der Waals surface area contributed by atoms with Gasteiger partial charge in [0.05, 0.1) is 13.0 Å². The van der Waals surface area contributed by atoms with Gasteiger partial charge < -0.3 is 15.0 Å². The maximum atomic E-state index is 11.8. The number of methoxy groups -OCH3 is 1. The molecule has 1 saturated carbocycles. The number of rotatable bonds is 4. The van der Waals surface area contributed by atoms with Crippen molar-refractivity contribution in [3.05, 3.63) is 0 Å². The average Bonchev–Trinajstić information content (AvgIpc) is 2.75.